The number of aliphatic imine (C=N–C) groups is 1. The van der Waals surface area contributed by atoms with Gasteiger partial charge in [0, 0.05) is 24.7 Å². The van der Waals surface area contributed by atoms with Crippen molar-refractivity contribution in [1.29, 1.82) is 0 Å². The van der Waals surface area contributed by atoms with Gasteiger partial charge in [0.25, 0.3) is 10.0 Å². The zero-order valence-corrected chi connectivity index (χ0v) is 17.7. The summed E-state index contributed by atoms with van der Waals surface area (Å²) in [7, 11) is -3.77. The Bertz CT molecular complexity index is 1140. The average Bonchev–Trinajstić information content (AvgIpc) is 3.08. The van der Waals surface area contributed by atoms with Gasteiger partial charge in [0.2, 0.25) is 12.7 Å². The van der Waals surface area contributed by atoms with Crippen LogP contribution >= 0.6 is 0 Å². The Morgan fingerprint density at radius 2 is 1.90 bits per heavy atom. The van der Waals surface area contributed by atoms with E-state index in [0.29, 0.717) is 36.0 Å². The number of hydrogen-bond donors (Lipinski definition) is 2. The van der Waals surface area contributed by atoms with E-state index < -0.39 is 10.0 Å². The lowest BCUT2D eigenvalue weighted by molar-refractivity contribution is -0.111. The van der Waals surface area contributed by atoms with Gasteiger partial charge in [-0.25, -0.2) is 8.42 Å². The molecule has 8 nitrogen and oxygen atoms in total. The molecule has 9 heteroatoms. The first kappa shape index (κ1) is 20.9. The van der Waals surface area contributed by atoms with Crippen LogP contribution in [0, 0.1) is 0 Å². The second-order valence-corrected chi connectivity index (χ2v) is 8.89. The number of anilines is 1. The van der Waals surface area contributed by atoms with Crippen LogP contribution in [-0.2, 0) is 14.8 Å². The normalized spacial score (nSPS) is 15.9. The molecule has 2 heterocycles. The highest BCUT2D eigenvalue weighted by atomic mass is 32.2. The number of fused-ring (bicyclic) bond motifs is 1. The number of hydrogen-bond acceptors (Lipinski definition) is 6. The number of amidine groups is 1. The highest BCUT2D eigenvalue weighted by molar-refractivity contribution is 7.90. The van der Waals surface area contributed by atoms with Gasteiger partial charge in [0.1, 0.15) is 5.84 Å². The summed E-state index contributed by atoms with van der Waals surface area (Å²) in [5.74, 6) is 1.40. The third-order valence-corrected chi connectivity index (χ3v) is 6.24. The Hall–Kier alpha value is -3.33. The molecule has 1 amide bonds. The number of benzene rings is 2. The summed E-state index contributed by atoms with van der Waals surface area (Å²) >= 11 is 0. The molecule has 31 heavy (non-hydrogen) atoms. The van der Waals surface area contributed by atoms with E-state index in [2.05, 4.69) is 15.0 Å². The summed E-state index contributed by atoms with van der Waals surface area (Å²) in [6, 6.07) is 11.5. The summed E-state index contributed by atoms with van der Waals surface area (Å²) in [4.78, 5) is 16.7. The lowest BCUT2D eigenvalue weighted by atomic mass is 10.2. The van der Waals surface area contributed by atoms with Crippen molar-refractivity contribution in [3.05, 3.63) is 54.1 Å². The number of carbonyl (C=O) groups excluding carboxylic acids is 1. The summed E-state index contributed by atoms with van der Waals surface area (Å²) in [6.45, 7) is 0.814. The van der Waals surface area contributed by atoms with Crippen molar-refractivity contribution in [3.8, 4) is 11.5 Å². The first-order valence-electron chi connectivity index (χ1n) is 10.0. The van der Waals surface area contributed by atoms with Crippen LogP contribution in [0.25, 0.3) is 6.08 Å². The largest absolute Gasteiger partial charge is 0.454 e. The smallest absolute Gasteiger partial charge is 0.262 e. The second kappa shape index (κ2) is 9.22. The Kier molecular flexibility index (Phi) is 6.22. The van der Waals surface area contributed by atoms with Crippen molar-refractivity contribution in [2.24, 2.45) is 4.99 Å². The number of ether oxygens (including phenoxy) is 2. The Morgan fingerprint density at radius 1 is 1.03 bits per heavy atom. The molecule has 0 radical (unpaired) electrons. The molecule has 0 aromatic heterocycles. The van der Waals surface area contributed by atoms with Gasteiger partial charge in [0.15, 0.2) is 11.5 Å². The number of nitrogens with one attached hydrogen (secondary N) is 2. The molecule has 2 aromatic carbocycles. The molecule has 0 unspecified atom stereocenters. The molecule has 0 saturated carbocycles. The topological polar surface area (TPSA) is 106 Å². The quantitative estimate of drug-likeness (QED) is 0.693. The Balaban J connectivity index is 1.41. The van der Waals surface area contributed by atoms with Crippen molar-refractivity contribution < 1.29 is 22.7 Å². The minimum Gasteiger partial charge on any atom is -0.454 e. The van der Waals surface area contributed by atoms with Crippen molar-refractivity contribution in [1.82, 2.24) is 4.72 Å². The highest BCUT2D eigenvalue weighted by Gasteiger charge is 2.18. The molecule has 2 aromatic rings. The van der Waals surface area contributed by atoms with Gasteiger partial charge in [-0.2, -0.15) is 0 Å². The fourth-order valence-electron chi connectivity index (χ4n) is 3.29. The molecule has 0 saturated heterocycles. The maximum absolute atomic E-state index is 12.7. The molecule has 0 spiro atoms. The summed E-state index contributed by atoms with van der Waals surface area (Å²) in [5, 5.41) is 2.69. The van der Waals surface area contributed by atoms with E-state index in [1.807, 2.05) is 6.07 Å². The summed E-state index contributed by atoms with van der Waals surface area (Å²) < 4.78 is 38.6. The molecule has 2 N–H and O–H groups in total. The molecule has 0 aliphatic carbocycles. The minimum absolute atomic E-state index is 0.0667. The van der Waals surface area contributed by atoms with E-state index in [-0.39, 0.29) is 17.6 Å². The van der Waals surface area contributed by atoms with Crippen molar-refractivity contribution in [2.45, 2.75) is 30.6 Å². The lowest BCUT2D eigenvalue weighted by Gasteiger charge is -2.11. The lowest BCUT2D eigenvalue weighted by Crippen LogP contribution is -2.30. The molecule has 2 aliphatic rings. The predicted molar refractivity (Wildman–Crippen MR) is 118 cm³/mol. The molecular weight excluding hydrogens is 418 g/mol. The number of carbonyl (C=O) groups is 1. The van der Waals surface area contributed by atoms with Gasteiger partial charge in [-0.1, -0.05) is 18.6 Å². The number of amides is 1. The van der Waals surface area contributed by atoms with Crippen LogP contribution in [0.3, 0.4) is 0 Å². The Labute approximate surface area is 181 Å². The third-order valence-electron chi connectivity index (χ3n) is 4.86. The van der Waals surface area contributed by atoms with Gasteiger partial charge < -0.3 is 14.8 Å². The van der Waals surface area contributed by atoms with E-state index in [0.717, 1.165) is 24.8 Å². The van der Waals surface area contributed by atoms with Crippen molar-refractivity contribution in [2.75, 3.05) is 18.7 Å². The van der Waals surface area contributed by atoms with Crippen LogP contribution in [0.5, 0.6) is 11.5 Å². The van der Waals surface area contributed by atoms with Crippen LogP contribution in [0.2, 0.25) is 0 Å². The van der Waals surface area contributed by atoms with Crippen molar-refractivity contribution >= 4 is 33.5 Å². The average molecular weight is 442 g/mol. The van der Waals surface area contributed by atoms with Crippen LogP contribution in [0.4, 0.5) is 5.69 Å². The van der Waals surface area contributed by atoms with E-state index in [9.17, 15) is 13.2 Å². The zero-order chi connectivity index (χ0) is 21.7. The second-order valence-electron chi connectivity index (χ2n) is 7.21. The monoisotopic (exact) mass is 441 g/mol. The van der Waals surface area contributed by atoms with Crippen molar-refractivity contribution in [3.63, 3.8) is 0 Å². The number of sulfonamides is 1. The first-order valence-corrected chi connectivity index (χ1v) is 11.5. The standard InChI is InChI=1S/C22H23N3O5S/c26-22(11-9-16-8-10-19-20(13-16)30-15-29-19)24-17-5-4-6-18(14-17)31(27,28)25-21-7-2-1-3-12-23-21/h4-6,8-11,13-14H,1-3,7,12,15H2,(H,23,25)(H,24,26)/b11-9+. The minimum atomic E-state index is -3.77. The zero-order valence-electron chi connectivity index (χ0n) is 16.8. The van der Waals surface area contributed by atoms with Gasteiger partial charge in [-0.3, -0.25) is 14.5 Å². The van der Waals surface area contributed by atoms with E-state index in [1.54, 1.807) is 30.3 Å². The van der Waals surface area contributed by atoms with Crippen LogP contribution < -0.4 is 19.5 Å². The van der Waals surface area contributed by atoms with Gasteiger partial charge >= 0.3 is 0 Å². The predicted octanol–water partition coefficient (Wildman–Crippen LogP) is 3.32. The molecule has 162 valence electrons. The SMILES string of the molecule is O=C(/C=C/c1ccc2c(c1)OCO2)Nc1cccc(S(=O)(=O)NC2=NCCCCC2)c1. The van der Waals surface area contributed by atoms with Crippen LogP contribution in [-0.4, -0.2) is 33.5 Å². The molecule has 0 fully saturated rings. The molecule has 2 aliphatic heterocycles. The Morgan fingerprint density at radius 3 is 2.81 bits per heavy atom. The fourth-order valence-corrected chi connectivity index (χ4v) is 4.42. The first-order chi connectivity index (χ1) is 15.0. The van der Waals surface area contributed by atoms with Gasteiger partial charge in [-0.05, 0) is 54.8 Å². The van der Waals surface area contributed by atoms with Crippen LogP contribution in [0.15, 0.2) is 58.4 Å². The maximum Gasteiger partial charge on any atom is 0.262 e. The molecule has 4 rings (SSSR count). The number of rotatable bonds is 5. The maximum atomic E-state index is 12.7. The van der Waals surface area contributed by atoms with Gasteiger partial charge in [0.05, 0.1) is 4.90 Å². The van der Waals surface area contributed by atoms with E-state index >= 15 is 0 Å². The van der Waals surface area contributed by atoms with E-state index in [4.69, 9.17) is 9.47 Å². The molecule has 0 atom stereocenters. The summed E-state index contributed by atoms with van der Waals surface area (Å²) in [6.07, 6.45) is 6.54. The van der Waals surface area contributed by atoms with Crippen LogP contribution in [0.1, 0.15) is 31.2 Å². The fraction of sp³-hybridized carbons (Fsp3) is 0.273. The summed E-state index contributed by atoms with van der Waals surface area (Å²) in [5.41, 5.74) is 1.16. The van der Waals surface area contributed by atoms with E-state index in [1.165, 1.54) is 18.2 Å². The molecular formula is C22H23N3O5S. The highest BCUT2D eigenvalue weighted by Crippen LogP contribution is 2.32. The number of nitrogens with zero attached hydrogens (tertiary/aromatic N) is 1. The molecule has 0 bridgehead atoms. The van der Waals surface area contributed by atoms with Gasteiger partial charge in [-0.15, -0.1) is 0 Å². The third kappa shape index (κ3) is 5.43.